The van der Waals surface area contributed by atoms with E-state index in [4.69, 9.17) is 9.47 Å². The number of hydrogen-bond acceptors (Lipinski definition) is 6. The van der Waals surface area contributed by atoms with E-state index < -0.39 is 23.6 Å². The van der Waals surface area contributed by atoms with Crippen LogP contribution in [0.5, 0.6) is 0 Å². The van der Waals surface area contributed by atoms with Crippen molar-refractivity contribution in [3.05, 3.63) is 11.6 Å². The number of fused-ring (bicyclic) bond motifs is 3. The number of ketones is 1. The smallest absolute Gasteiger partial charge is 0.303 e. The molecule has 196 valence electrons. The zero-order chi connectivity index (χ0) is 26.0. The Labute approximate surface area is 210 Å². The van der Waals surface area contributed by atoms with E-state index in [0.29, 0.717) is 30.8 Å². The molecular weight excluding hydrogens is 444 g/mol. The van der Waals surface area contributed by atoms with Gasteiger partial charge in [-0.3, -0.25) is 14.4 Å². The number of esters is 2. The maximum atomic E-state index is 12.7. The molecule has 0 spiro atoms. The minimum atomic E-state index is -1.13. The third-order valence-corrected chi connectivity index (χ3v) is 10.3. The van der Waals surface area contributed by atoms with E-state index >= 15 is 0 Å². The average molecular weight is 489 g/mol. The lowest BCUT2D eigenvalue weighted by Gasteiger charge is -2.67. The molecule has 1 N–H and O–H groups in total. The highest BCUT2D eigenvalue weighted by Crippen LogP contribution is 2.69. The van der Waals surface area contributed by atoms with Crippen LogP contribution in [0.1, 0.15) is 99.8 Å². The first-order valence-corrected chi connectivity index (χ1v) is 13.4. The largest absolute Gasteiger partial charge is 0.462 e. The van der Waals surface area contributed by atoms with Crippen LogP contribution in [0.2, 0.25) is 0 Å². The maximum Gasteiger partial charge on any atom is 0.303 e. The molecule has 4 aliphatic rings. The Kier molecular flexibility index (Phi) is 6.56. The van der Waals surface area contributed by atoms with Gasteiger partial charge in [-0.25, -0.2) is 0 Å². The van der Waals surface area contributed by atoms with Crippen LogP contribution in [0.4, 0.5) is 0 Å². The standard InChI is InChI=1S/C29H44O6/c1-17-13-22(34-18(2)30)20(14-21(17)32)29(33)12-9-24-27(6,16-29)15-23(35-19(3)31)25-26(4,5)10-8-11-28(24,25)7/h13,20,22-25,33H,8-12,14-16H2,1-7H3/t20?,22-,23-,24?,25?,27+,28-,29-/m1/s1. The Bertz CT molecular complexity index is 935. The summed E-state index contributed by atoms with van der Waals surface area (Å²) in [5, 5.41) is 12.2. The minimum Gasteiger partial charge on any atom is -0.462 e. The predicted octanol–water partition coefficient (Wildman–Crippen LogP) is 5.16. The van der Waals surface area contributed by atoms with Crippen molar-refractivity contribution < 1.29 is 29.0 Å². The molecule has 8 atom stereocenters. The van der Waals surface area contributed by atoms with Crippen LogP contribution in [0.3, 0.4) is 0 Å². The third kappa shape index (κ3) is 4.49. The van der Waals surface area contributed by atoms with E-state index in [-0.39, 0.29) is 46.4 Å². The highest BCUT2D eigenvalue weighted by Gasteiger charge is 2.66. The van der Waals surface area contributed by atoms with Gasteiger partial charge >= 0.3 is 11.9 Å². The van der Waals surface area contributed by atoms with Crippen LogP contribution in [-0.4, -0.2) is 40.6 Å². The number of allylic oxidation sites excluding steroid dienone is 1. The summed E-state index contributed by atoms with van der Waals surface area (Å²) in [5.41, 5.74) is -0.730. The van der Waals surface area contributed by atoms with Crippen LogP contribution in [0.25, 0.3) is 0 Å². The van der Waals surface area contributed by atoms with Crippen molar-refractivity contribution in [1.82, 2.24) is 0 Å². The van der Waals surface area contributed by atoms with E-state index in [1.54, 1.807) is 13.0 Å². The predicted molar refractivity (Wildman–Crippen MR) is 132 cm³/mol. The highest BCUT2D eigenvalue weighted by molar-refractivity contribution is 5.96. The summed E-state index contributed by atoms with van der Waals surface area (Å²) in [6, 6.07) is 0. The van der Waals surface area contributed by atoms with Gasteiger partial charge in [0.05, 0.1) is 5.60 Å². The molecule has 0 aromatic heterocycles. The van der Waals surface area contributed by atoms with Crippen molar-refractivity contribution in [3.8, 4) is 0 Å². The first-order valence-electron chi connectivity index (χ1n) is 13.4. The number of carbonyl (C=O) groups is 3. The summed E-state index contributed by atoms with van der Waals surface area (Å²) in [5.74, 6) is -0.472. The number of ether oxygens (including phenoxy) is 2. The van der Waals surface area contributed by atoms with Crippen molar-refractivity contribution in [2.45, 2.75) is 118 Å². The zero-order valence-corrected chi connectivity index (χ0v) is 22.6. The van der Waals surface area contributed by atoms with Crippen LogP contribution in [0, 0.1) is 34.0 Å². The zero-order valence-electron chi connectivity index (χ0n) is 22.6. The lowest BCUT2D eigenvalue weighted by Crippen LogP contribution is -2.65. The molecule has 6 nitrogen and oxygen atoms in total. The average Bonchev–Trinajstić information content (AvgIpc) is 2.67. The Morgan fingerprint density at radius 2 is 1.69 bits per heavy atom. The molecule has 0 bridgehead atoms. The summed E-state index contributed by atoms with van der Waals surface area (Å²) >= 11 is 0. The van der Waals surface area contributed by atoms with Crippen molar-refractivity contribution >= 4 is 17.7 Å². The van der Waals surface area contributed by atoms with Gasteiger partial charge in [-0.1, -0.05) is 34.1 Å². The number of Topliss-reactive ketones (excluding diaryl/α,β-unsaturated/α-hetero) is 1. The van der Waals surface area contributed by atoms with Gasteiger partial charge in [-0.2, -0.15) is 0 Å². The van der Waals surface area contributed by atoms with E-state index in [0.717, 1.165) is 25.7 Å². The Morgan fingerprint density at radius 1 is 1.03 bits per heavy atom. The summed E-state index contributed by atoms with van der Waals surface area (Å²) in [6.07, 6.45) is 7.10. The van der Waals surface area contributed by atoms with E-state index in [1.165, 1.54) is 13.8 Å². The van der Waals surface area contributed by atoms with Gasteiger partial charge in [-0.15, -0.1) is 0 Å². The molecule has 0 aliphatic heterocycles. The van der Waals surface area contributed by atoms with Crippen molar-refractivity contribution in [2.24, 2.45) is 34.0 Å². The number of aliphatic hydroxyl groups is 1. The van der Waals surface area contributed by atoms with Gasteiger partial charge < -0.3 is 14.6 Å². The summed E-state index contributed by atoms with van der Waals surface area (Å²) in [7, 11) is 0. The number of rotatable bonds is 3. The fourth-order valence-corrected chi connectivity index (χ4v) is 9.39. The molecule has 0 saturated heterocycles. The monoisotopic (exact) mass is 488 g/mol. The van der Waals surface area contributed by atoms with Gasteiger partial charge in [0.1, 0.15) is 12.2 Å². The van der Waals surface area contributed by atoms with E-state index in [9.17, 15) is 19.5 Å². The van der Waals surface area contributed by atoms with Crippen molar-refractivity contribution in [2.75, 3.05) is 0 Å². The molecule has 0 radical (unpaired) electrons. The Morgan fingerprint density at radius 3 is 2.31 bits per heavy atom. The normalized spacial score (nSPS) is 45.0. The fourth-order valence-electron chi connectivity index (χ4n) is 9.39. The Hall–Kier alpha value is -1.69. The molecule has 0 aromatic carbocycles. The molecule has 0 amide bonds. The third-order valence-electron chi connectivity index (χ3n) is 10.3. The molecule has 4 aliphatic carbocycles. The number of hydrogen-bond donors (Lipinski definition) is 1. The first kappa shape index (κ1) is 26.4. The van der Waals surface area contributed by atoms with Crippen LogP contribution in [-0.2, 0) is 23.9 Å². The molecular formula is C29H44O6. The SMILES string of the molecule is CC(=O)O[C@@H]1C=C(C)C(=O)CC1[C@@]1(O)CCC2[C@@](C)(C[C@@H](OC(C)=O)C3C(C)(C)CCC[C@@]32C)C1. The number of carbonyl (C=O) groups excluding carboxylic acids is 3. The Balaban J connectivity index is 1.71. The molecule has 3 fully saturated rings. The molecule has 0 heterocycles. The summed E-state index contributed by atoms with van der Waals surface area (Å²) in [4.78, 5) is 36.7. The molecule has 4 rings (SSSR count). The van der Waals surface area contributed by atoms with Gasteiger partial charge in [0, 0.05) is 32.1 Å². The maximum absolute atomic E-state index is 12.7. The van der Waals surface area contributed by atoms with Crippen LogP contribution >= 0.6 is 0 Å². The highest BCUT2D eigenvalue weighted by atomic mass is 16.5. The molecule has 3 saturated carbocycles. The quantitative estimate of drug-likeness (QED) is 0.552. The second-order valence-corrected chi connectivity index (χ2v) is 13.4. The van der Waals surface area contributed by atoms with E-state index in [2.05, 4.69) is 27.7 Å². The summed E-state index contributed by atoms with van der Waals surface area (Å²) < 4.78 is 11.7. The topological polar surface area (TPSA) is 89.9 Å². The van der Waals surface area contributed by atoms with Gasteiger partial charge in [0.15, 0.2) is 5.78 Å². The van der Waals surface area contributed by atoms with Gasteiger partial charge in [-0.05, 0) is 79.3 Å². The lowest BCUT2D eigenvalue weighted by atomic mass is 9.39. The molecule has 35 heavy (non-hydrogen) atoms. The first-order chi connectivity index (χ1) is 16.1. The molecule has 3 unspecified atom stereocenters. The van der Waals surface area contributed by atoms with Crippen molar-refractivity contribution in [1.29, 1.82) is 0 Å². The minimum absolute atomic E-state index is 0.00148. The van der Waals surface area contributed by atoms with Gasteiger partial charge in [0.25, 0.3) is 0 Å². The van der Waals surface area contributed by atoms with Crippen LogP contribution < -0.4 is 0 Å². The second-order valence-electron chi connectivity index (χ2n) is 13.4. The van der Waals surface area contributed by atoms with Crippen LogP contribution in [0.15, 0.2) is 11.6 Å². The fraction of sp³-hybridized carbons (Fsp3) is 0.828. The van der Waals surface area contributed by atoms with Gasteiger partial charge in [0.2, 0.25) is 0 Å². The van der Waals surface area contributed by atoms with E-state index in [1.807, 2.05) is 0 Å². The second kappa shape index (κ2) is 8.71. The molecule has 6 heteroatoms. The molecule has 0 aromatic rings. The summed E-state index contributed by atoms with van der Waals surface area (Å²) in [6.45, 7) is 13.9. The van der Waals surface area contributed by atoms with Crippen molar-refractivity contribution in [3.63, 3.8) is 0 Å². The lowest BCUT2D eigenvalue weighted by molar-refractivity contribution is -0.237.